The van der Waals surface area contributed by atoms with Gasteiger partial charge in [-0.3, -0.25) is 14.4 Å². The van der Waals surface area contributed by atoms with E-state index in [9.17, 15) is 14.4 Å². The molecule has 0 fully saturated rings. The highest BCUT2D eigenvalue weighted by Crippen LogP contribution is 2.10. The van der Waals surface area contributed by atoms with Crippen molar-refractivity contribution < 1.29 is 19.1 Å². The lowest BCUT2D eigenvalue weighted by Crippen LogP contribution is -2.42. The monoisotopic (exact) mass is 361 g/mol. The molecule has 0 saturated carbocycles. The van der Waals surface area contributed by atoms with Crippen LogP contribution in [0.15, 0.2) is 12.2 Å². The average molecular weight is 362 g/mol. The van der Waals surface area contributed by atoms with E-state index in [4.69, 9.17) is 4.74 Å². The van der Waals surface area contributed by atoms with E-state index >= 15 is 0 Å². The summed E-state index contributed by atoms with van der Waals surface area (Å²) < 4.78 is 4.79. The van der Waals surface area contributed by atoms with Crippen molar-refractivity contribution in [1.29, 1.82) is 0 Å². The van der Waals surface area contributed by atoms with Gasteiger partial charge in [0.05, 0.1) is 19.1 Å². The summed E-state index contributed by atoms with van der Waals surface area (Å²) in [4.78, 5) is 35.3. The van der Waals surface area contributed by atoms with E-state index in [0.29, 0.717) is 23.9 Å². The molecule has 1 N–H and O–H groups in total. The molecule has 120 valence electrons. The Bertz CT molecular complexity index is 393. The molecule has 0 saturated heterocycles. The van der Waals surface area contributed by atoms with E-state index in [-0.39, 0.29) is 30.4 Å². The van der Waals surface area contributed by atoms with Gasteiger partial charge in [0, 0.05) is 17.3 Å². The standard InChI is InChI=1S/C15H24BrNO4/c1-5-21-14(19)7-6-13(18)12(8-10(2)3)17-15(20)11(4)9-16/h10,12H,4-9H2,1-3H3,(H,17,20). The number of esters is 1. The number of Topliss-reactive ketones (excluding diaryl/α,β-unsaturated/α-hetero) is 1. The van der Waals surface area contributed by atoms with Crippen molar-refractivity contribution in [3.63, 3.8) is 0 Å². The summed E-state index contributed by atoms with van der Waals surface area (Å²) in [6.07, 6.45) is 0.636. The topological polar surface area (TPSA) is 72.5 Å². The second kappa shape index (κ2) is 10.5. The number of carbonyl (C=O) groups excluding carboxylic acids is 3. The van der Waals surface area contributed by atoms with E-state index in [0.717, 1.165) is 0 Å². The number of rotatable bonds is 10. The molecule has 6 heteroatoms. The van der Waals surface area contributed by atoms with E-state index in [1.807, 2.05) is 13.8 Å². The second-order valence-corrected chi connectivity index (χ2v) is 5.72. The fraction of sp³-hybridized carbons (Fsp3) is 0.667. The maximum atomic E-state index is 12.2. The lowest BCUT2D eigenvalue weighted by molar-refractivity contribution is -0.144. The fourth-order valence-corrected chi connectivity index (χ4v) is 1.95. The lowest BCUT2D eigenvalue weighted by atomic mass is 9.97. The Hall–Kier alpha value is -1.17. The number of hydrogen-bond acceptors (Lipinski definition) is 4. The van der Waals surface area contributed by atoms with Gasteiger partial charge in [-0.15, -0.1) is 0 Å². The van der Waals surface area contributed by atoms with Gasteiger partial charge < -0.3 is 10.1 Å². The highest BCUT2D eigenvalue weighted by atomic mass is 79.9. The lowest BCUT2D eigenvalue weighted by Gasteiger charge is -2.19. The number of carbonyl (C=O) groups is 3. The Morgan fingerprint density at radius 1 is 1.24 bits per heavy atom. The SMILES string of the molecule is C=C(CBr)C(=O)NC(CC(C)C)C(=O)CCC(=O)OCC. The smallest absolute Gasteiger partial charge is 0.306 e. The van der Waals surface area contributed by atoms with Gasteiger partial charge in [0.1, 0.15) is 0 Å². The molecule has 0 aromatic heterocycles. The molecule has 0 aliphatic heterocycles. The quantitative estimate of drug-likeness (QED) is 0.368. The van der Waals surface area contributed by atoms with Gasteiger partial charge in [0.25, 0.3) is 0 Å². The summed E-state index contributed by atoms with van der Waals surface area (Å²) >= 11 is 3.15. The first-order valence-electron chi connectivity index (χ1n) is 7.04. The molecule has 0 spiro atoms. The molecule has 0 aliphatic carbocycles. The molecule has 0 heterocycles. The maximum Gasteiger partial charge on any atom is 0.306 e. The Kier molecular flexibility index (Phi) is 9.95. The molecule has 0 aromatic carbocycles. The minimum absolute atomic E-state index is 0.0382. The van der Waals surface area contributed by atoms with Crippen molar-refractivity contribution in [1.82, 2.24) is 5.32 Å². The molecule has 1 amide bonds. The van der Waals surface area contributed by atoms with Crippen LogP contribution in [0, 0.1) is 5.92 Å². The average Bonchev–Trinajstić information content (AvgIpc) is 2.42. The van der Waals surface area contributed by atoms with Crippen LogP contribution in [-0.2, 0) is 19.1 Å². The van der Waals surface area contributed by atoms with E-state index in [1.165, 1.54) is 0 Å². The molecule has 0 rings (SSSR count). The molecule has 5 nitrogen and oxygen atoms in total. The third-order valence-corrected chi connectivity index (χ3v) is 3.44. The summed E-state index contributed by atoms with van der Waals surface area (Å²) in [6, 6.07) is -0.595. The molecule has 1 unspecified atom stereocenters. The van der Waals surface area contributed by atoms with Gasteiger partial charge in [-0.25, -0.2) is 0 Å². The number of nitrogens with one attached hydrogen (secondary N) is 1. The molecular formula is C15H24BrNO4. The summed E-state index contributed by atoms with van der Waals surface area (Å²) in [5.41, 5.74) is 0.363. The number of ketones is 1. The maximum absolute atomic E-state index is 12.2. The van der Waals surface area contributed by atoms with Gasteiger partial charge in [-0.2, -0.15) is 0 Å². The number of ether oxygens (including phenoxy) is 1. The Morgan fingerprint density at radius 3 is 2.33 bits per heavy atom. The van der Waals surface area contributed by atoms with Crippen molar-refractivity contribution in [3.8, 4) is 0 Å². The van der Waals surface area contributed by atoms with Gasteiger partial charge in [-0.1, -0.05) is 36.4 Å². The first-order valence-corrected chi connectivity index (χ1v) is 8.16. The van der Waals surface area contributed by atoms with Crippen molar-refractivity contribution in [2.75, 3.05) is 11.9 Å². The van der Waals surface area contributed by atoms with Crippen molar-refractivity contribution >= 4 is 33.6 Å². The molecule has 0 aromatic rings. The fourth-order valence-electron chi connectivity index (χ4n) is 1.70. The van der Waals surface area contributed by atoms with Crippen LogP contribution < -0.4 is 5.32 Å². The summed E-state index contributed by atoms with van der Waals surface area (Å²) in [5.74, 6) is -0.654. The third kappa shape index (κ3) is 8.65. The Morgan fingerprint density at radius 2 is 1.86 bits per heavy atom. The van der Waals surface area contributed by atoms with Crippen LogP contribution in [0.3, 0.4) is 0 Å². The first-order chi connectivity index (χ1) is 9.81. The molecule has 0 aliphatic rings. The zero-order valence-corrected chi connectivity index (χ0v) is 14.5. The zero-order chi connectivity index (χ0) is 16.4. The highest BCUT2D eigenvalue weighted by Gasteiger charge is 2.23. The number of amides is 1. The van der Waals surface area contributed by atoms with Gasteiger partial charge in [-0.05, 0) is 19.3 Å². The molecule has 0 bridgehead atoms. The minimum Gasteiger partial charge on any atom is -0.466 e. The van der Waals surface area contributed by atoms with Crippen molar-refractivity contribution in [2.45, 2.75) is 46.1 Å². The second-order valence-electron chi connectivity index (χ2n) is 5.16. The van der Waals surface area contributed by atoms with Crippen molar-refractivity contribution in [3.05, 3.63) is 12.2 Å². The number of halogens is 1. The minimum atomic E-state index is -0.595. The van der Waals surface area contributed by atoms with Crippen LogP contribution in [0.2, 0.25) is 0 Å². The van der Waals surface area contributed by atoms with E-state index in [1.54, 1.807) is 6.92 Å². The van der Waals surface area contributed by atoms with E-state index < -0.39 is 12.0 Å². The number of hydrogen-bond donors (Lipinski definition) is 1. The Balaban J connectivity index is 4.59. The van der Waals surface area contributed by atoms with Gasteiger partial charge >= 0.3 is 5.97 Å². The van der Waals surface area contributed by atoms with Crippen LogP contribution in [0.1, 0.15) is 40.0 Å². The van der Waals surface area contributed by atoms with Crippen molar-refractivity contribution in [2.24, 2.45) is 5.92 Å². The zero-order valence-electron chi connectivity index (χ0n) is 12.9. The van der Waals surface area contributed by atoms with Crippen LogP contribution in [-0.4, -0.2) is 35.6 Å². The predicted molar refractivity (Wildman–Crippen MR) is 85.2 cm³/mol. The van der Waals surface area contributed by atoms with Gasteiger partial charge in [0.2, 0.25) is 5.91 Å². The van der Waals surface area contributed by atoms with Crippen LogP contribution >= 0.6 is 15.9 Å². The summed E-state index contributed by atoms with van der Waals surface area (Å²) in [5, 5.41) is 3.04. The summed E-state index contributed by atoms with van der Waals surface area (Å²) in [7, 11) is 0. The largest absolute Gasteiger partial charge is 0.466 e. The van der Waals surface area contributed by atoms with Crippen LogP contribution in [0.4, 0.5) is 0 Å². The third-order valence-electron chi connectivity index (χ3n) is 2.76. The summed E-state index contributed by atoms with van der Waals surface area (Å²) in [6.45, 7) is 9.57. The normalized spacial score (nSPS) is 11.9. The first kappa shape index (κ1) is 19.8. The number of alkyl halides is 1. The molecule has 21 heavy (non-hydrogen) atoms. The van der Waals surface area contributed by atoms with Gasteiger partial charge in [0.15, 0.2) is 5.78 Å². The van der Waals surface area contributed by atoms with Crippen LogP contribution in [0.5, 0.6) is 0 Å². The molecular weight excluding hydrogens is 338 g/mol. The molecule has 0 radical (unpaired) electrons. The Labute approximate surface area is 134 Å². The van der Waals surface area contributed by atoms with E-state index in [2.05, 4.69) is 27.8 Å². The molecule has 1 atom stereocenters. The predicted octanol–water partition coefficient (Wildman–Crippen LogP) is 2.38. The highest BCUT2D eigenvalue weighted by molar-refractivity contribution is 9.09. The van der Waals surface area contributed by atoms with Crippen LogP contribution in [0.25, 0.3) is 0 Å².